The average molecular weight is 343 g/mol. The molecule has 2 amide bonds. The molecular formula is C18H15ClN2O3. The number of hydrogen-bond donors (Lipinski definition) is 1. The maximum absolute atomic E-state index is 12.4. The molecule has 3 rings (SSSR count). The third-order valence-corrected chi connectivity index (χ3v) is 3.85. The van der Waals surface area contributed by atoms with Crippen LogP contribution >= 0.6 is 11.6 Å². The van der Waals surface area contributed by atoms with E-state index in [0.717, 1.165) is 5.39 Å². The topological polar surface area (TPSA) is 62.6 Å². The van der Waals surface area contributed by atoms with Gasteiger partial charge in [-0.15, -0.1) is 0 Å². The van der Waals surface area contributed by atoms with Crippen LogP contribution in [0.2, 0.25) is 5.02 Å². The number of nitrogens with zero attached hydrogens (tertiary/aromatic N) is 1. The molecule has 0 radical (unpaired) electrons. The minimum absolute atomic E-state index is 0.175. The van der Waals surface area contributed by atoms with Crippen LogP contribution in [0.25, 0.3) is 11.0 Å². The van der Waals surface area contributed by atoms with Crippen LogP contribution in [0.5, 0.6) is 0 Å². The number of carbonyl (C=O) groups excluding carboxylic acids is 2. The van der Waals surface area contributed by atoms with Crippen LogP contribution in [0.3, 0.4) is 0 Å². The van der Waals surface area contributed by atoms with Crippen LogP contribution in [0.15, 0.2) is 52.9 Å². The number of nitrogens with one attached hydrogen (secondary N) is 1. The Bertz CT molecular complexity index is 898. The lowest BCUT2D eigenvalue weighted by molar-refractivity contribution is 0.0827. The first-order valence-electron chi connectivity index (χ1n) is 7.27. The van der Waals surface area contributed by atoms with E-state index >= 15 is 0 Å². The number of halogens is 1. The maximum atomic E-state index is 12.4. The maximum Gasteiger partial charge on any atom is 0.291 e. The zero-order chi connectivity index (χ0) is 17.3. The molecule has 0 saturated heterocycles. The van der Waals surface area contributed by atoms with Gasteiger partial charge in [-0.2, -0.15) is 0 Å². The Labute approximate surface area is 143 Å². The molecule has 0 spiro atoms. The van der Waals surface area contributed by atoms with E-state index in [1.54, 1.807) is 44.4 Å². The number of amides is 2. The highest BCUT2D eigenvalue weighted by Gasteiger charge is 2.16. The highest BCUT2D eigenvalue weighted by Crippen LogP contribution is 2.25. The lowest BCUT2D eigenvalue weighted by Gasteiger charge is -2.12. The van der Waals surface area contributed by atoms with Crippen molar-refractivity contribution < 1.29 is 14.0 Å². The molecule has 6 heteroatoms. The van der Waals surface area contributed by atoms with Crippen molar-refractivity contribution in [2.24, 2.45) is 0 Å². The second-order valence-corrected chi connectivity index (χ2v) is 5.90. The zero-order valence-electron chi connectivity index (χ0n) is 13.2. The molecule has 5 nitrogen and oxygen atoms in total. The van der Waals surface area contributed by atoms with Gasteiger partial charge in [0, 0.05) is 25.0 Å². The smallest absolute Gasteiger partial charge is 0.291 e. The van der Waals surface area contributed by atoms with Crippen LogP contribution in [0, 0.1) is 0 Å². The largest absolute Gasteiger partial charge is 0.451 e. The predicted octanol–water partition coefficient (Wildman–Crippen LogP) is 4.04. The summed E-state index contributed by atoms with van der Waals surface area (Å²) in [5, 5.41) is 3.87. The number of rotatable bonds is 3. The van der Waals surface area contributed by atoms with E-state index < -0.39 is 5.91 Å². The first kappa shape index (κ1) is 16.1. The van der Waals surface area contributed by atoms with Gasteiger partial charge in [0.2, 0.25) is 0 Å². The summed E-state index contributed by atoms with van der Waals surface area (Å²) in [5.41, 5.74) is 1.42. The first-order valence-corrected chi connectivity index (χ1v) is 7.64. The Morgan fingerprint density at radius 3 is 2.54 bits per heavy atom. The van der Waals surface area contributed by atoms with Crippen LogP contribution in [0.4, 0.5) is 5.69 Å². The number of hydrogen-bond acceptors (Lipinski definition) is 3. The van der Waals surface area contributed by atoms with E-state index in [-0.39, 0.29) is 11.7 Å². The molecule has 0 saturated carbocycles. The molecule has 0 atom stereocenters. The van der Waals surface area contributed by atoms with E-state index in [1.807, 2.05) is 18.2 Å². The van der Waals surface area contributed by atoms with Crippen molar-refractivity contribution in [2.45, 2.75) is 0 Å². The molecule has 0 bridgehead atoms. The molecule has 1 heterocycles. The summed E-state index contributed by atoms with van der Waals surface area (Å²) < 4.78 is 5.53. The van der Waals surface area contributed by atoms with Gasteiger partial charge in [-0.1, -0.05) is 29.8 Å². The van der Waals surface area contributed by atoms with Gasteiger partial charge in [0.05, 0.1) is 10.7 Å². The van der Waals surface area contributed by atoms with Gasteiger partial charge in [-0.05, 0) is 30.3 Å². The van der Waals surface area contributed by atoms with Gasteiger partial charge in [0.1, 0.15) is 5.58 Å². The molecule has 0 aliphatic carbocycles. The Morgan fingerprint density at radius 2 is 1.83 bits per heavy atom. The van der Waals surface area contributed by atoms with Crippen molar-refractivity contribution in [3.05, 3.63) is 64.9 Å². The Balaban J connectivity index is 1.88. The van der Waals surface area contributed by atoms with Gasteiger partial charge in [-0.25, -0.2) is 0 Å². The molecule has 1 N–H and O–H groups in total. The highest BCUT2D eigenvalue weighted by atomic mass is 35.5. The molecule has 0 unspecified atom stereocenters. The normalized spacial score (nSPS) is 10.6. The quantitative estimate of drug-likeness (QED) is 0.781. The van der Waals surface area contributed by atoms with Gasteiger partial charge in [-0.3, -0.25) is 9.59 Å². The monoisotopic (exact) mass is 342 g/mol. The van der Waals surface area contributed by atoms with Gasteiger partial charge < -0.3 is 14.6 Å². The summed E-state index contributed by atoms with van der Waals surface area (Å²) in [6.07, 6.45) is 0. The third kappa shape index (κ3) is 3.12. The van der Waals surface area contributed by atoms with Crippen molar-refractivity contribution in [3.8, 4) is 0 Å². The Kier molecular flexibility index (Phi) is 4.27. The van der Waals surface area contributed by atoms with E-state index in [0.29, 0.717) is 21.9 Å². The number of carbonyl (C=O) groups is 2. The van der Waals surface area contributed by atoms with Crippen molar-refractivity contribution in [2.75, 3.05) is 19.4 Å². The van der Waals surface area contributed by atoms with E-state index in [9.17, 15) is 9.59 Å². The third-order valence-electron chi connectivity index (χ3n) is 3.52. The standard InChI is InChI=1S/C18H15ClN2O3/c1-21(2)18(23)12-7-8-13(19)14(9-12)20-17(22)16-10-11-5-3-4-6-15(11)24-16/h3-10H,1-2H3,(H,20,22). The molecular weight excluding hydrogens is 328 g/mol. The summed E-state index contributed by atoms with van der Waals surface area (Å²) in [5.74, 6) is -0.426. The molecule has 3 aromatic rings. The average Bonchev–Trinajstić information content (AvgIpc) is 3.00. The van der Waals surface area contributed by atoms with Gasteiger partial charge >= 0.3 is 0 Å². The lowest BCUT2D eigenvalue weighted by atomic mass is 10.1. The molecule has 0 fully saturated rings. The van der Waals surface area contributed by atoms with Crippen molar-refractivity contribution >= 4 is 40.1 Å². The van der Waals surface area contributed by atoms with Gasteiger partial charge in [0.25, 0.3) is 11.8 Å². The number of anilines is 1. The molecule has 0 aliphatic heterocycles. The fourth-order valence-corrected chi connectivity index (χ4v) is 2.45. The number of fused-ring (bicyclic) bond motifs is 1. The number of furan rings is 1. The van der Waals surface area contributed by atoms with E-state index in [1.165, 1.54) is 4.90 Å². The minimum Gasteiger partial charge on any atom is -0.451 e. The van der Waals surface area contributed by atoms with Gasteiger partial charge in [0.15, 0.2) is 5.76 Å². The predicted molar refractivity (Wildman–Crippen MR) is 93.6 cm³/mol. The summed E-state index contributed by atoms with van der Waals surface area (Å²) in [7, 11) is 3.31. The summed E-state index contributed by atoms with van der Waals surface area (Å²) in [6, 6.07) is 13.7. The van der Waals surface area contributed by atoms with Crippen molar-refractivity contribution in [3.63, 3.8) is 0 Å². The summed E-state index contributed by atoms with van der Waals surface area (Å²) in [4.78, 5) is 25.9. The van der Waals surface area contributed by atoms with E-state index in [2.05, 4.69) is 5.32 Å². The molecule has 2 aromatic carbocycles. The fraction of sp³-hybridized carbons (Fsp3) is 0.111. The molecule has 0 aliphatic rings. The van der Waals surface area contributed by atoms with Crippen molar-refractivity contribution in [1.29, 1.82) is 0 Å². The first-order chi connectivity index (χ1) is 11.5. The summed E-state index contributed by atoms with van der Waals surface area (Å²) >= 11 is 6.12. The van der Waals surface area contributed by atoms with Crippen molar-refractivity contribution in [1.82, 2.24) is 4.90 Å². The minimum atomic E-state index is -0.428. The Morgan fingerprint density at radius 1 is 1.08 bits per heavy atom. The number of para-hydroxylation sites is 1. The second kappa shape index (κ2) is 6.37. The SMILES string of the molecule is CN(C)C(=O)c1ccc(Cl)c(NC(=O)c2cc3ccccc3o2)c1. The van der Waals surface area contributed by atoms with Crippen LogP contribution in [-0.4, -0.2) is 30.8 Å². The lowest BCUT2D eigenvalue weighted by Crippen LogP contribution is -2.22. The van der Waals surface area contributed by atoms with Crippen LogP contribution < -0.4 is 5.32 Å². The highest BCUT2D eigenvalue weighted by molar-refractivity contribution is 6.34. The molecule has 1 aromatic heterocycles. The van der Waals surface area contributed by atoms with Crippen LogP contribution in [-0.2, 0) is 0 Å². The summed E-state index contributed by atoms with van der Waals surface area (Å²) in [6.45, 7) is 0. The Hall–Kier alpha value is -2.79. The van der Waals surface area contributed by atoms with E-state index in [4.69, 9.17) is 16.0 Å². The second-order valence-electron chi connectivity index (χ2n) is 5.50. The fourth-order valence-electron chi connectivity index (χ4n) is 2.29. The molecule has 122 valence electrons. The van der Waals surface area contributed by atoms with Crippen LogP contribution in [0.1, 0.15) is 20.9 Å². The zero-order valence-corrected chi connectivity index (χ0v) is 13.9. The molecule has 24 heavy (non-hydrogen) atoms. The number of benzene rings is 2.